The molecular formula is C12H13NO4. The van der Waals surface area contributed by atoms with Gasteiger partial charge < -0.3 is 15.5 Å². The summed E-state index contributed by atoms with van der Waals surface area (Å²) in [7, 11) is 0. The molecule has 0 saturated heterocycles. The molecule has 1 saturated carbocycles. The Hall–Kier alpha value is -2.04. The number of amides is 1. The van der Waals surface area contributed by atoms with E-state index in [1.165, 1.54) is 6.07 Å². The number of aliphatic carboxylic acids is 1. The molecule has 0 atom stereocenters. The normalized spacial score (nSPS) is 16.2. The maximum absolute atomic E-state index is 11.6. The van der Waals surface area contributed by atoms with E-state index in [9.17, 15) is 14.7 Å². The molecule has 1 aliphatic carbocycles. The van der Waals surface area contributed by atoms with Crippen LogP contribution in [0.25, 0.3) is 0 Å². The Morgan fingerprint density at radius 3 is 2.47 bits per heavy atom. The lowest BCUT2D eigenvalue weighted by molar-refractivity contribution is -0.143. The van der Waals surface area contributed by atoms with E-state index in [0.29, 0.717) is 18.4 Å². The molecule has 2 rings (SSSR count). The van der Waals surface area contributed by atoms with Gasteiger partial charge in [0, 0.05) is 5.56 Å². The number of para-hydroxylation sites is 1. The highest BCUT2D eigenvalue weighted by Crippen LogP contribution is 2.35. The average Bonchev–Trinajstić information content (AvgIpc) is 3.02. The van der Waals surface area contributed by atoms with Crippen molar-refractivity contribution in [3.05, 3.63) is 29.8 Å². The van der Waals surface area contributed by atoms with Crippen LogP contribution in [0, 0.1) is 0 Å². The summed E-state index contributed by atoms with van der Waals surface area (Å²) in [5.74, 6) is -1.34. The zero-order chi connectivity index (χ0) is 12.5. The van der Waals surface area contributed by atoms with Crippen LogP contribution in [0.3, 0.4) is 0 Å². The predicted molar refractivity (Wildman–Crippen MR) is 59.6 cm³/mol. The quantitative estimate of drug-likeness (QED) is 0.715. The standard InChI is InChI=1S/C12H13NO4/c14-9-4-2-1-3-8(9)7-10(15)13-12(5-6-12)11(16)17/h1-4,14H,5-7H2,(H,13,15)(H,16,17). The van der Waals surface area contributed by atoms with E-state index < -0.39 is 11.5 Å². The second-order valence-electron chi connectivity index (χ2n) is 4.24. The third kappa shape index (κ3) is 2.38. The van der Waals surface area contributed by atoms with E-state index in [2.05, 4.69) is 5.32 Å². The Kier molecular flexibility index (Phi) is 2.75. The molecule has 0 unspecified atom stereocenters. The number of phenolic OH excluding ortho intramolecular Hbond substituents is 1. The van der Waals surface area contributed by atoms with Gasteiger partial charge in [-0.1, -0.05) is 18.2 Å². The minimum absolute atomic E-state index is 0.0122. The average molecular weight is 235 g/mol. The fraction of sp³-hybridized carbons (Fsp3) is 0.333. The number of carbonyl (C=O) groups excluding carboxylic acids is 1. The third-order valence-electron chi connectivity index (χ3n) is 2.88. The van der Waals surface area contributed by atoms with Crippen molar-refractivity contribution in [2.75, 3.05) is 0 Å². The number of carboxylic acids is 1. The van der Waals surface area contributed by atoms with E-state index in [1.807, 2.05) is 0 Å². The molecule has 0 aromatic heterocycles. The summed E-state index contributed by atoms with van der Waals surface area (Å²) < 4.78 is 0. The van der Waals surface area contributed by atoms with Gasteiger partial charge in [0.1, 0.15) is 11.3 Å². The smallest absolute Gasteiger partial charge is 0.329 e. The monoisotopic (exact) mass is 235 g/mol. The topological polar surface area (TPSA) is 86.6 Å². The molecule has 0 heterocycles. The van der Waals surface area contributed by atoms with Crippen LogP contribution in [0.15, 0.2) is 24.3 Å². The summed E-state index contributed by atoms with van der Waals surface area (Å²) in [6.07, 6.45) is 0.922. The molecule has 5 heteroatoms. The maximum atomic E-state index is 11.6. The second-order valence-corrected chi connectivity index (χ2v) is 4.24. The molecule has 0 radical (unpaired) electrons. The van der Waals surface area contributed by atoms with Crippen LogP contribution in [0.5, 0.6) is 5.75 Å². The molecule has 5 nitrogen and oxygen atoms in total. The van der Waals surface area contributed by atoms with E-state index in [4.69, 9.17) is 5.11 Å². The lowest BCUT2D eigenvalue weighted by atomic mass is 10.1. The van der Waals surface area contributed by atoms with Gasteiger partial charge in [-0.15, -0.1) is 0 Å². The van der Waals surface area contributed by atoms with E-state index in [-0.39, 0.29) is 18.1 Å². The summed E-state index contributed by atoms with van der Waals surface area (Å²) in [4.78, 5) is 22.5. The second kappa shape index (κ2) is 4.08. The Morgan fingerprint density at radius 2 is 1.94 bits per heavy atom. The fourth-order valence-corrected chi connectivity index (χ4v) is 1.66. The van der Waals surface area contributed by atoms with Crippen molar-refractivity contribution in [3.63, 3.8) is 0 Å². The number of phenols is 1. The van der Waals surface area contributed by atoms with Gasteiger partial charge >= 0.3 is 5.97 Å². The molecule has 1 amide bonds. The first-order chi connectivity index (χ1) is 8.03. The SMILES string of the molecule is O=C(Cc1ccccc1O)NC1(C(=O)O)CC1. The van der Waals surface area contributed by atoms with Crippen molar-refractivity contribution >= 4 is 11.9 Å². The predicted octanol–water partition coefficient (Wildman–Crippen LogP) is 0.668. The van der Waals surface area contributed by atoms with Gasteiger partial charge in [0.2, 0.25) is 5.91 Å². The zero-order valence-electron chi connectivity index (χ0n) is 9.14. The highest BCUT2D eigenvalue weighted by molar-refractivity contribution is 5.90. The highest BCUT2D eigenvalue weighted by Gasteiger charge is 2.51. The highest BCUT2D eigenvalue weighted by atomic mass is 16.4. The number of rotatable bonds is 4. The molecule has 1 aromatic carbocycles. The van der Waals surface area contributed by atoms with Crippen LogP contribution in [0.1, 0.15) is 18.4 Å². The van der Waals surface area contributed by atoms with E-state index in [1.54, 1.807) is 18.2 Å². The summed E-state index contributed by atoms with van der Waals surface area (Å²) >= 11 is 0. The molecule has 1 aliphatic rings. The molecule has 3 N–H and O–H groups in total. The van der Waals surface area contributed by atoms with Crippen molar-refractivity contribution in [1.82, 2.24) is 5.32 Å². The molecule has 1 fully saturated rings. The van der Waals surface area contributed by atoms with Crippen molar-refractivity contribution < 1.29 is 19.8 Å². The van der Waals surface area contributed by atoms with Gasteiger partial charge in [-0.25, -0.2) is 4.79 Å². The number of carbonyl (C=O) groups is 2. The summed E-state index contributed by atoms with van der Waals surface area (Å²) in [6.45, 7) is 0. The largest absolute Gasteiger partial charge is 0.508 e. The first kappa shape index (κ1) is 11.4. The van der Waals surface area contributed by atoms with Gasteiger partial charge in [0.25, 0.3) is 0 Å². The lowest BCUT2D eigenvalue weighted by Gasteiger charge is -2.12. The molecule has 1 aromatic rings. The van der Waals surface area contributed by atoms with Crippen molar-refractivity contribution in [1.29, 1.82) is 0 Å². The number of hydrogen-bond acceptors (Lipinski definition) is 3. The minimum Gasteiger partial charge on any atom is -0.508 e. The van der Waals surface area contributed by atoms with E-state index in [0.717, 1.165) is 0 Å². The van der Waals surface area contributed by atoms with Crippen LogP contribution in [-0.4, -0.2) is 27.6 Å². The maximum Gasteiger partial charge on any atom is 0.329 e. The lowest BCUT2D eigenvalue weighted by Crippen LogP contribution is -2.43. The minimum atomic E-state index is -1.07. The Bertz CT molecular complexity index is 465. The molecule has 0 bridgehead atoms. The fourth-order valence-electron chi connectivity index (χ4n) is 1.66. The van der Waals surface area contributed by atoms with Gasteiger partial charge in [-0.3, -0.25) is 4.79 Å². The van der Waals surface area contributed by atoms with Gasteiger partial charge in [0.05, 0.1) is 6.42 Å². The number of aromatic hydroxyl groups is 1. The van der Waals surface area contributed by atoms with Gasteiger partial charge in [-0.2, -0.15) is 0 Å². The Labute approximate surface area is 98.1 Å². The van der Waals surface area contributed by atoms with Crippen LogP contribution >= 0.6 is 0 Å². The van der Waals surface area contributed by atoms with Crippen molar-refractivity contribution in [2.24, 2.45) is 0 Å². The summed E-state index contributed by atoms with van der Waals surface area (Å²) in [6, 6.07) is 6.50. The molecule has 90 valence electrons. The number of nitrogens with one attached hydrogen (secondary N) is 1. The van der Waals surface area contributed by atoms with Crippen LogP contribution in [0.4, 0.5) is 0 Å². The molecule has 0 aliphatic heterocycles. The van der Waals surface area contributed by atoms with Crippen LogP contribution in [0.2, 0.25) is 0 Å². The van der Waals surface area contributed by atoms with Crippen LogP contribution < -0.4 is 5.32 Å². The summed E-state index contributed by atoms with van der Waals surface area (Å²) in [5, 5.41) is 20.9. The first-order valence-electron chi connectivity index (χ1n) is 5.35. The number of benzene rings is 1. The van der Waals surface area contributed by atoms with E-state index >= 15 is 0 Å². The number of hydrogen-bond donors (Lipinski definition) is 3. The molecular weight excluding hydrogens is 222 g/mol. The van der Waals surface area contributed by atoms with Crippen molar-refractivity contribution in [2.45, 2.75) is 24.8 Å². The molecule has 0 spiro atoms. The third-order valence-corrected chi connectivity index (χ3v) is 2.88. The van der Waals surface area contributed by atoms with Crippen LogP contribution in [-0.2, 0) is 16.0 Å². The van der Waals surface area contributed by atoms with Gasteiger partial charge in [0.15, 0.2) is 0 Å². The zero-order valence-corrected chi connectivity index (χ0v) is 9.14. The summed E-state index contributed by atoms with van der Waals surface area (Å²) in [5.41, 5.74) is -0.576. The first-order valence-corrected chi connectivity index (χ1v) is 5.35. The van der Waals surface area contributed by atoms with Crippen molar-refractivity contribution in [3.8, 4) is 5.75 Å². The van der Waals surface area contributed by atoms with Gasteiger partial charge in [-0.05, 0) is 18.9 Å². The Balaban J connectivity index is 1.99. The molecule has 17 heavy (non-hydrogen) atoms. The Morgan fingerprint density at radius 1 is 1.29 bits per heavy atom. The number of carboxylic acid groups (broad SMARTS) is 1.